The number of benzene rings is 1. The van der Waals surface area contributed by atoms with Crippen LogP contribution in [0, 0.1) is 0 Å². The molecule has 12 nitrogen and oxygen atoms in total. The number of fused-ring (bicyclic) bond motifs is 1. The predicted octanol–water partition coefficient (Wildman–Crippen LogP) is 0.760. The second-order valence-electron chi connectivity index (χ2n) is 9.70. The van der Waals surface area contributed by atoms with E-state index in [1.807, 2.05) is 0 Å². The quantitative estimate of drug-likeness (QED) is 0.293. The number of imide groups is 2. The van der Waals surface area contributed by atoms with Gasteiger partial charge in [0.1, 0.15) is 6.04 Å². The second kappa shape index (κ2) is 13.0. The van der Waals surface area contributed by atoms with Gasteiger partial charge in [0.2, 0.25) is 23.6 Å². The molecule has 2 saturated heterocycles. The van der Waals surface area contributed by atoms with Gasteiger partial charge in [0.15, 0.2) is 0 Å². The molecule has 1 unspecified atom stereocenters. The zero-order valence-corrected chi connectivity index (χ0v) is 22.6. The third kappa shape index (κ3) is 6.46. The van der Waals surface area contributed by atoms with Gasteiger partial charge in [-0.1, -0.05) is 12.1 Å². The van der Waals surface area contributed by atoms with Crippen molar-refractivity contribution in [2.45, 2.75) is 31.7 Å². The smallest absolute Gasteiger partial charge is 0.264 e. The Hall–Kier alpha value is -3.87. The van der Waals surface area contributed by atoms with Crippen LogP contribution in [0.4, 0.5) is 5.69 Å². The van der Waals surface area contributed by atoms with Gasteiger partial charge in [-0.25, -0.2) is 4.98 Å². The molecule has 0 radical (unpaired) electrons. The van der Waals surface area contributed by atoms with Gasteiger partial charge in [-0.05, 0) is 30.5 Å². The molecule has 5 rings (SSSR count). The number of anilines is 1. The number of piperidine rings is 1. The molecule has 2 fully saturated rings. The number of carbonyl (C=O) groups excluding carboxylic acids is 5. The first-order chi connectivity index (χ1) is 18.9. The van der Waals surface area contributed by atoms with Gasteiger partial charge < -0.3 is 20.3 Å². The molecule has 0 aliphatic carbocycles. The van der Waals surface area contributed by atoms with Crippen molar-refractivity contribution >= 4 is 47.6 Å². The van der Waals surface area contributed by atoms with Crippen LogP contribution in [0.3, 0.4) is 0 Å². The fourth-order valence-corrected chi connectivity index (χ4v) is 5.00. The van der Waals surface area contributed by atoms with Crippen LogP contribution in [-0.2, 0) is 20.8 Å². The molecule has 40 heavy (non-hydrogen) atoms. The fourth-order valence-electron chi connectivity index (χ4n) is 5.00. The van der Waals surface area contributed by atoms with E-state index in [4.69, 9.17) is 4.74 Å². The molecular weight excluding hydrogens is 540 g/mol. The van der Waals surface area contributed by atoms with Gasteiger partial charge in [-0.3, -0.25) is 34.2 Å². The van der Waals surface area contributed by atoms with Crippen LogP contribution in [0.5, 0.6) is 5.88 Å². The fraction of sp³-hybridized carbons (Fsp3) is 0.407. The summed E-state index contributed by atoms with van der Waals surface area (Å²) in [6, 6.07) is 6.96. The zero-order valence-electron chi connectivity index (χ0n) is 21.8. The van der Waals surface area contributed by atoms with Gasteiger partial charge in [-0.2, -0.15) is 0 Å². The summed E-state index contributed by atoms with van der Waals surface area (Å²) in [5, 5.41) is 8.21. The Bertz CT molecular complexity index is 1300. The van der Waals surface area contributed by atoms with Crippen LogP contribution >= 0.6 is 12.4 Å². The lowest BCUT2D eigenvalue weighted by atomic mass is 10.0. The van der Waals surface area contributed by atoms with E-state index in [1.54, 1.807) is 24.4 Å². The third-order valence-corrected chi connectivity index (χ3v) is 6.98. The number of rotatable bonds is 9. The molecule has 1 aromatic carbocycles. The van der Waals surface area contributed by atoms with Crippen LogP contribution in [0.25, 0.3) is 0 Å². The molecule has 2 aromatic rings. The van der Waals surface area contributed by atoms with Crippen molar-refractivity contribution in [3.8, 4) is 5.88 Å². The number of amides is 5. The van der Waals surface area contributed by atoms with Crippen molar-refractivity contribution in [3.05, 3.63) is 53.2 Å². The third-order valence-electron chi connectivity index (χ3n) is 6.98. The van der Waals surface area contributed by atoms with Crippen LogP contribution < -0.4 is 20.7 Å². The number of hydrogen-bond donors (Lipinski definition) is 3. The Balaban J connectivity index is 0.00000370. The minimum absolute atomic E-state index is 0. The van der Waals surface area contributed by atoms with E-state index in [1.165, 1.54) is 12.1 Å². The molecule has 212 valence electrons. The molecule has 0 saturated carbocycles. The van der Waals surface area contributed by atoms with Crippen LogP contribution in [0.15, 0.2) is 36.5 Å². The number of nitrogens with one attached hydrogen (secondary N) is 3. The molecule has 0 spiro atoms. The Kier molecular flexibility index (Phi) is 9.46. The highest BCUT2D eigenvalue weighted by Gasteiger charge is 2.45. The minimum atomic E-state index is -1.08. The summed E-state index contributed by atoms with van der Waals surface area (Å²) >= 11 is 0. The van der Waals surface area contributed by atoms with Crippen LogP contribution in [0.2, 0.25) is 0 Å². The van der Waals surface area contributed by atoms with Crippen LogP contribution in [-0.4, -0.2) is 89.7 Å². The predicted molar refractivity (Wildman–Crippen MR) is 146 cm³/mol. The van der Waals surface area contributed by atoms with E-state index in [2.05, 4.69) is 25.8 Å². The van der Waals surface area contributed by atoms with Crippen molar-refractivity contribution in [1.29, 1.82) is 0 Å². The first-order valence-electron chi connectivity index (χ1n) is 13.1. The highest BCUT2D eigenvalue weighted by atomic mass is 35.5. The standard InChI is InChI=1S/C27H30N6O6.ClH/c34-21-7-6-20(25(36)31-21)33-26(37)18-3-1-4-19(24(18)27(33)38)30-22(35)15-17-5-8-23(29-16-17)39-14-2-11-32-12-9-28-10-13-32;/h1,3-5,8,16,20,28H,2,6-7,9-15H2,(H,30,35)(H,31,34,36);1H. The molecule has 13 heteroatoms. The lowest BCUT2D eigenvalue weighted by Gasteiger charge is -2.27. The van der Waals surface area contributed by atoms with Gasteiger partial charge in [0.05, 0.1) is 29.8 Å². The van der Waals surface area contributed by atoms with E-state index in [9.17, 15) is 24.0 Å². The molecule has 3 aliphatic rings. The van der Waals surface area contributed by atoms with Gasteiger partial charge in [0.25, 0.3) is 11.8 Å². The summed E-state index contributed by atoms with van der Waals surface area (Å²) in [5.41, 5.74) is 0.967. The first-order valence-corrected chi connectivity index (χ1v) is 13.1. The van der Waals surface area contributed by atoms with Gasteiger partial charge in [-0.15, -0.1) is 12.4 Å². The van der Waals surface area contributed by atoms with E-state index in [-0.39, 0.29) is 48.5 Å². The highest BCUT2D eigenvalue weighted by Crippen LogP contribution is 2.32. The maximum atomic E-state index is 13.2. The lowest BCUT2D eigenvalue weighted by molar-refractivity contribution is -0.136. The summed E-state index contributed by atoms with van der Waals surface area (Å²) in [4.78, 5) is 70.3. The van der Waals surface area contributed by atoms with E-state index < -0.39 is 35.6 Å². The largest absolute Gasteiger partial charge is 0.478 e. The van der Waals surface area contributed by atoms with Gasteiger partial charge >= 0.3 is 0 Å². The van der Waals surface area contributed by atoms with Crippen molar-refractivity contribution < 1.29 is 28.7 Å². The number of pyridine rings is 1. The molecule has 3 aliphatic heterocycles. The summed E-state index contributed by atoms with van der Waals surface area (Å²) in [7, 11) is 0. The molecule has 4 heterocycles. The topological polar surface area (TPSA) is 150 Å². The molecular formula is C27H31ClN6O6. The summed E-state index contributed by atoms with van der Waals surface area (Å²) in [6.45, 7) is 5.65. The van der Waals surface area contributed by atoms with Crippen molar-refractivity contribution in [2.75, 3.05) is 44.6 Å². The molecule has 0 bridgehead atoms. The first kappa shape index (κ1) is 29.1. The number of halogens is 1. The molecule has 1 aromatic heterocycles. The summed E-state index contributed by atoms with van der Waals surface area (Å²) in [6.07, 6.45) is 2.55. The maximum absolute atomic E-state index is 13.2. The van der Waals surface area contributed by atoms with Crippen molar-refractivity contribution in [3.63, 3.8) is 0 Å². The number of piperazine rings is 1. The molecule has 5 amide bonds. The van der Waals surface area contributed by atoms with Gasteiger partial charge in [0, 0.05) is 51.4 Å². The number of nitrogens with zero attached hydrogens (tertiary/aromatic N) is 3. The molecule has 1 atom stereocenters. The van der Waals surface area contributed by atoms with E-state index >= 15 is 0 Å². The Morgan fingerprint density at radius 1 is 1.07 bits per heavy atom. The lowest BCUT2D eigenvalue weighted by Crippen LogP contribution is -2.54. The van der Waals surface area contributed by atoms with Crippen LogP contribution in [0.1, 0.15) is 45.5 Å². The van der Waals surface area contributed by atoms with Crippen molar-refractivity contribution in [1.82, 2.24) is 25.4 Å². The zero-order chi connectivity index (χ0) is 27.4. The maximum Gasteiger partial charge on any atom is 0.264 e. The normalized spacial score (nSPS) is 19.1. The Morgan fingerprint density at radius 2 is 1.88 bits per heavy atom. The Labute approximate surface area is 237 Å². The average molecular weight is 571 g/mol. The number of hydrogen-bond acceptors (Lipinski definition) is 9. The summed E-state index contributed by atoms with van der Waals surface area (Å²) < 4.78 is 5.72. The highest BCUT2D eigenvalue weighted by molar-refractivity contribution is 6.26. The van der Waals surface area contributed by atoms with E-state index in [0.29, 0.717) is 18.1 Å². The number of ether oxygens (including phenoxy) is 1. The minimum Gasteiger partial charge on any atom is -0.478 e. The average Bonchev–Trinajstić information content (AvgIpc) is 3.18. The molecule has 3 N–H and O–H groups in total. The van der Waals surface area contributed by atoms with E-state index in [0.717, 1.165) is 44.0 Å². The van der Waals surface area contributed by atoms with Crippen molar-refractivity contribution in [2.24, 2.45) is 0 Å². The SMILES string of the molecule is Cl.O=C1CCC(N2C(=O)c3cccc(NC(=O)Cc4ccc(OCCCN5CCNCC5)nc4)c3C2=O)C(=O)N1. The second-order valence-corrected chi connectivity index (χ2v) is 9.70. The number of carbonyl (C=O) groups is 5. The summed E-state index contributed by atoms with van der Waals surface area (Å²) in [5.74, 6) is -2.35. The monoisotopic (exact) mass is 570 g/mol. The number of aromatic nitrogens is 1. The Morgan fingerprint density at radius 3 is 2.60 bits per heavy atom.